The fourth-order valence-electron chi connectivity index (χ4n) is 2.72. The van der Waals surface area contributed by atoms with Crippen LogP contribution in [0.15, 0.2) is 42.5 Å². The maximum atomic E-state index is 12.3. The molecule has 2 amide bonds. The summed E-state index contributed by atoms with van der Waals surface area (Å²) in [5, 5.41) is 3.46. The predicted octanol–water partition coefficient (Wildman–Crippen LogP) is 3.72. The van der Waals surface area contributed by atoms with Crippen LogP contribution in [0.3, 0.4) is 0 Å². The summed E-state index contributed by atoms with van der Waals surface area (Å²) in [6.07, 6.45) is 0.437. The molecule has 5 nitrogen and oxygen atoms in total. The van der Waals surface area contributed by atoms with Gasteiger partial charge in [0.25, 0.3) is 5.91 Å². The molecule has 0 saturated heterocycles. The number of hydrogen-bond donors (Lipinski definition) is 1. The minimum absolute atomic E-state index is 0.202. The lowest BCUT2D eigenvalue weighted by Gasteiger charge is -2.28. The van der Waals surface area contributed by atoms with Gasteiger partial charge in [-0.2, -0.15) is 0 Å². The summed E-state index contributed by atoms with van der Waals surface area (Å²) >= 11 is 5.83. The van der Waals surface area contributed by atoms with Gasteiger partial charge in [0.05, 0.1) is 7.11 Å². The van der Waals surface area contributed by atoms with E-state index in [2.05, 4.69) is 5.32 Å². The molecule has 0 spiro atoms. The quantitative estimate of drug-likeness (QED) is 0.903. The van der Waals surface area contributed by atoms with E-state index >= 15 is 0 Å². The number of carbonyl (C=O) groups excluding carboxylic acids is 2. The fraction of sp³-hybridized carbons (Fsp3) is 0.222. The average molecular weight is 345 g/mol. The molecule has 1 N–H and O–H groups in total. The van der Waals surface area contributed by atoms with Gasteiger partial charge in [0.2, 0.25) is 0 Å². The molecule has 0 unspecified atom stereocenters. The van der Waals surface area contributed by atoms with Gasteiger partial charge in [0.1, 0.15) is 0 Å². The summed E-state index contributed by atoms with van der Waals surface area (Å²) < 4.78 is 4.77. The largest absolute Gasteiger partial charge is 0.453 e. The molecular formula is C18H17ClN2O3. The van der Waals surface area contributed by atoms with Gasteiger partial charge in [-0.25, -0.2) is 4.79 Å². The Labute approximate surface area is 145 Å². The molecule has 0 radical (unpaired) electrons. The van der Waals surface area contributed by atoms with Gasteiger partial charge >= 0.3 is 6.09 Å². The van der Waals surface area contributed by atoms with Crippen LogP contribution >= 0.6 is 11.6 Å². The normalized spacial score (nSPS) is 13.2. The Balaban J connectivity index is 1.75. The van der Waals surface area contributed by atoms with Gasteiger partial charge in [-0.15, -0.1) is 0 Å². The lowest BCUT2D eigenvalue weighted by Crippen LogP contribution is -2.35. The highest BCUT2D eigenvalue weighted by Crippen LogP contribution is 2.23. The van der Waals surface area contributed by atoms with Crippen LogP contribution in [0.2, 0.25) is 5.02 Å². The van der Waals surface area contributed by atoms with Crippen molar-refractivity contribution in [2.45, 2.75) is 13.0 Å². The summed E-state index contributed by atoms with van der Waals surface area (Å²) in [6.45, 7) is 1.11. The number of carbonyl (C=O) groups is 2. The van der Waals surface area contributed by atoms with Crippen molar-refractivity contribution in [3.63, 3.8) is 0 Å². The maximum absolute atomic E-state index is 12.3. The molecule has 124 valence electrons. The number of nitrogens with zero attached hydrogens (tertiary/aromatic N) is 1. The van der Waals surface area contributed by atoms with Crippen LogP contribution in [0.1, 0.15) is 21.5 Å². The van der Waals surface area contributed by atoms with Crippen molar-refractivity contribution in [1.82, 2.24) is 4.90 Å². The van der Waals surface area contributed by atoms with Crippen molar-refractivity contribution in [2.24, 2.45) is 0 Å². The number of halogens is 1. The average Bonchev–Trinajstić information content (AvgIpc) is 2.61. The van der Waals surface area contributed by atoms with E-state index in [9.17, 15) is 9.59 Å². The zero-order valence-corrected chi connectivity index (χ0v) is 14.0. The number of anilines is 1. The Kier molecular flexibility index (Phi) is 4.71. The fourth-order valence-corrected chi connectivity index (χ4v) is 2.85. The smallest absolute Gasteiger partial charge is 0.409 e. The van der Waals surface area contributed by atoms with Gasteiger partial charge in [0, 0.05) is 29.4 Å². The van der Waals surface area contributed by atoms with Gasteiger partial charge in [-0.3, -0.25) is 4.79 Å². The number of benzene rings is 2. The second-order valence-corrected chi connectivity index (χ2v) is 6.02. The Bertz CT molecular complexity index is 774. The molecule has 6 heteroatoms. The second-order valence-electron chi connectivity index (χ2n) is 5.59. The van der Waals surface area contributed by atoms with Crippen molar-refractivity contribution in [2.75, 3.05) is 19.0 Å². The molecule has 1 aliphatic heterocycles. The molecule has 0 fully saturated rings. The van der Waals surface area contributed by atoms with Gasteiger partial charge in [-0.05, 0) is 53.9 Å². The molecule has 1 aliphatic rings. The predicted molar refractivity (Wildman–Crippen MR) is 92.4 cm³/mol. The van der Waals surface area contributed by atoms with Gasteiger partial charge in [0.15, 0.2) is 0 Å². The molecule has 3 rings (SSSR count). The van der Waals surface area contributed by atoms with Crippen LogP contribution in [0.4, 0.5) is 10.5 Å². The molecule has 0 bridgehead atoms. The highest BCUT2D eigenvalue weighted by Gasteiger charge is 2.21. The molecule has 0 aliphatic carbocycles. The summed E-state index contributed by atoms with van der Waals surface area (Å²) in [5.74, 6) is -0.202. The first-order valence-corrected chi connectivity index (χ1v) is 7.96. The lowest BCUT2D eigenvalue weighted by molar-refractivity contribution is 0.102. The number of fused-ring (bicyclic) bond motifs is 1. The van der Waals surface area contributed by atoms with Crippen molar-refractivity contribution >= 4 is 29.3 Å². The Morgan fingerprint density at radius 1 is 1.12 bits per heavy atom. The molecule has 0 atom stereocenters. The zero-order valence-electron chi connectivity index (χ0n) is 13.2. The number of nitrogens with one attached hydrogen (secondary N) is 1. The standard InChI is InChI=1S/C18H17ClN2O3/c1-24-18(23)21-9-8-12-4-7-16(10-14(12)11-21)20-17(22)13-2-5-15(19)6-3-13/h2-7,10H,8-9,11H2,1H3,(H,20,22). The summed E-state index contributed by atoms with van der Waals surface area (Å²) in [6, 6.07) is 12.5. The zero-order chi connectivity index (χ0) is 17.1. The van der Waals surface area contributed by atoms with Crippen molar-refractivity contribution in [1.29, 1.82) is 0 Å². The summed E-state index contributed by atoms with van der Waals surface area (Å²) in [4.78, 5) is 25.6. The topological polar surface area (TPSA) is 58.6 Å². The van der Waals surface area contributed by atoms with E-state index in [0.717, 1.165) is 12.0 Å². The first-order valence-electron chi connectivity index (χ1n) is 7.58. The number of methoxy groups -OCH3 is 1. The molecule has 2 aromatic carbocycles. The number of hydrogen-bond acceptors (Lipinski definition) is 3. The van der Waals surface area contributed by atoms with E-state index in [1.807, 2.05) is 18.2 Å². The van der Waals surface area contributed by atoms with E-state index in [1.165, 1.54) is 12.7 Å². The highest BCUT2D eigenvalue weighted by atomic mass is 35.5. The summed E-state index contributed by atoms with van der Waals surface area (Å²) in [5.41, 5.74) is 3.42. The van der Waals surface area contributed by atoms with Crippen LogP contribution in [0.25, 0.3) is 0 Å². The maximum Gasteiger partial charge on any atom is 0.409 e. The number of amides is 2. The van der Waals surface area contributed by atoms with Crippen LogP contribution in [0, 0.1) is 0 Å². The van der Waals surface area contributed by atoms with E-state index in [1.54, 1.807) is 29.2 Å². The van der Waals surface area contributed by atoms with Gasteiger partial charge in [-0.1, -0.05) is 17.7 Å². The van der Waals surface area contributed by atoms with Crippen molar-refractivity contribution in [3.05, 3.63) is 64.2 Å². The molecule has 2 aromatic rings. The molecule has 0 aromatic heterocycles. The number of ether oxygens (including phenoxy) is 1. The third kappa shape index (κ3) is 3.51. The van der Waals surface area contributed by atoms with E-state index in [-0.39, 0.29) is 12.0 Å². The monoisotopic (exact) mass is 344 g/mol. The first-order chi connectivity index (χ1) is 11.6. The van der Waals surface area contributed by atoms with Crippen LogP contribution in [0.5, 0.6) is 0 Å². The molecule has 24 heavy (non-hydrogen) atoms. The Morgan fingerprint density at radius 3 is 2.58 bits per heavy atom. The minimum atomic E-state index is -0.337. The van der Waals surface area contributed by atoms with Crippen molar-refractivity contribution < 1.29 is 14.3 Å². The third-order valence-corrected chi connectivity index (χ3v) is 4.27. The molecule has 1 heterocycles. The molecular weight excluding hydrogens is 328 g/mol. The SMILES string of the molecule is COC(=O)N1CCc2ccc(NC(=O)c3ccc(Cl)cc3)cc2C1. The van der Waals surface area contributed by atoms with E-state index < -0.39 is 0 Å². The third-order valence-electron chi connectivity index (χ3n) is 4.02. The van der Waals surface area contributed by atoms with E-state index in [4.69, 9.17) is 16.3 Å². The Morgan fingerprint density at radius 2 is 1.88 bits per heavy atom. The van der Waals surface area contributed by atoms with Crippen LogP contribution < -0.4 is 5.32 Å². The first kappa shape index (κ1) is 16.3. The van der Waals surface area contributed by atoms with Crippen molar-refractivity contribution in [3.8, 4) is 0 Å². The van der Waals surface area contributed by atoms with Crippen LogP contribution in [-0.2, 0) is 17.7 Å². The minimum Gasteiger partial charge on any atom is -0.453 e. The second kappa shape index (κ2) is 6.93. The highest BCUT2D eigenvalue weighted by molar-refractivity contribution is 6.30. The van der Waals surface area contributed by atoms with Crippen LogP contribution in [-0.4, -0.2) is 30.6 Å². The van der Waals surface area contributed by atoms with E-state index in [0.29, 0.717) is 29.4 Å². The lowest BCUT2D eigenvalue weighted by atomic mass is 9.99. The number of rotatable bonds is 2. The summed E-state index contributed by atoms with van der Waals surface area (Å²) in [7, 11) is 1.38. The van der Waals surface area contributed by atoms with Gasteiger partial charge < -0.3 is 15.0 Å². The Hall–Kier alpha value is -2.53. The molecule has 0 saturated carbocycles.